The fraction of sp³-hybridized carbons (Fsp3) is 0.824. The Hall–Kier alpha value is -1.59. The first-order valence-corrected chi connectivity index (χ1v) is 8.59. The van der Waals surface area contributed by atoms with Crippen molar-refractivity contribution in [2.45, 2.75) is 57.9 Å². The number of rotatable bonds is 5. The van der Waals surface area contributed by atoms with Crippen LogP contribution in [-0.2, 0) is 19.1 Å². The topological polar surface area (TPSA) is 84.5 Å². The zero-order chi connectivity index (χ0) is 16.7. The molecule has 4 aliphatic carbocycles. The maximum atomic E-state index is 12.7. The van der Waals surface area contributed by atoms with Gasteiger partial charge in [0, 0.05) is 19.0 Å². The van der Waals surface area contributed by atoms with E-state index in [1.54, 1.807) is 6.92 Å². The van der Waals surface area contributed by atoms with Crippen molar-refractivity contribution in [2.24, 2.45) is 17.3 Å². The molecular formula is C17H26N2O4. The number of carbonyl (C=O) groups is 3. The summed E-state index contributed by atoms with van der Waals surface area (Å²) in [5.41, 5.74) is -0.764. The van der Waals surface area contributed by atoms with E-state index in [4.69, 9.17) is 4.74 Å². The van der Waals surface area contributed by atoms with Gasteiger partial charge >= 0.3 is 5.97 Å². The standard InChI is InChI=1S/C17H26N2O4/c1-3-18-14(21)9-23-15(22)16-5-12-4-13(6-16)8-17(7-12,10-16)19-11(2)20/h12-13H,3-10H2,1-2H3,(H,18,21)(H,19,20)/t12-,13+,16?,17?. The highest BCUT2D eigenvalue weighted by Crippen LogP contribution is 2.62. The first-order valence-electron chi connectivity index (χ1n) is 8.59. The number of hydrogen-bond acceptors (Lipinski definition) is 4. The van der Waals surface area contributed by atoms with Gasteiger partial charge in [-0.25, -0.2) is 0 Å². The molecule has 2 N–H and O–H groups in total. The third kappa shape index (κ3) is 3.08. The number of hydrogen-bond donors (Lipinski definition) is 2. The molecule has 128 valence electrons. The Bertz CT molecular complexity index is 517. The molecule has 0 aliphatic heterocycles. The highest BCUT2D eigenvalue weighted by molar-refractivity contribution is 5.83. The molecule has 0 aromatic heterocycles. The lowest BCUT2D eigenvalue weighted by atomic mass is 9.47. The molecule has 2 unspecified atom stereocenters. The van der Waals surface area contributed by atoms with Crippen LogP contribution in [0.4, 0.5) is 0 Å². The second kappa shape index (κ2) is 5.80. The third-order valence-corrected chi connectivity index (χ3v) is 5.64. The lowest BCUT2D eigenvalue weighted by molar-refractivity contribution is -0.177. The zero-order valence-electron chi connectivity index (χ0n) is 13.9. The first kappa shape index (κ1) is 16.3. The lowest BCUT2D eigenvalue weighted by Crippen LogP contribution is -2.64. The van der Waals surface area contributed by atoms with Crippen LogP contribution in [-0.4, -0.2) is 36.5 Å². The van der Waals surface area contributed by atoms with Gasteiger partial charge in [0.1, 0.15) is 0 Å². The van der Waals surface area contributed by atoms with E-state index in [1.807, 2.05) is 6.92 Å². The van der Waals surface area contributed by atoms with Crippen molar-refractivity contribution < 1.29 is 19.1 Å². The van der Waals surface area contributed by atoms with Crippen LogP contribution in [0, 0.1) is 17.3 Å². The van der Waals surface area contributed by atoms with Crippen LogP contribution in [0.15, 0.2) is 0 Å². The van der Waals surface area contributed by atoms with Crippen LogP contribution in [0.2, 0.25) is 0 Å². The third-order valence-electron chi connectivity index (χ3n) is 5.64. The van der Waals surface area contributed by atoms with Gasteiger partial charge in [0.15, 0.2) is 6.61 Å². The largest absolute Gasteiger partial charge is 0.455 e. The van der Waals surface area contributed by atoms with E-state index < -0.39 is 5.41 Å². The smallest absolute Gasteiger partial charge is 0.312 e. The Balaban J connectivity index is 1.72. The van der Waals surface area contributed by atoms with Crippen molar-refractivity contribution >= 4 is 17.8 Å². The zero-order valence-corrected chi connectivity index (χ0v) is 13.9. The van der Waals surface area contributed by atoms with Gasteiger partial charge in [-0.05, 0) is 57.3 Å². The summed E-state index contributed by atoms with van der Waals surface area (Å²) in [6.07, 6.45) is 5.40. The Morgan fingerprint density at radius 3 is 2.35 bits per heavy atom. The summed E-state index contributed by atoms with van der Waals surface area (Å²) in [6, 6.07) is 0. The van der Waals surface area contributed by atoms with Crippen LogP contribution < -0.4 is 10.6 Å². The normalized spacial score (nSPS) is 37.3. The molecule has 2 amide bonds. The van der Waals surface area contributed by atoms with E-state index in [1.165, 1.54) is 0 Å². The molecule has 0 heterocycles. The molecule has 4 fully saturated rings. The van der Waals surface area contributed by atoms with Gasteiger partial charge in [-0.15, -0.1) is 0 Å². The summed E-state index contributed by atoms with van der Waals surface area (Å²) >= 11 is 0. The van der Waals surface area contributed by atoms with Crippen molar-refractivity contribution in [1.29, 1.82) is 0 Å². The molecule has 23 heavy (non-hydrogen) atoms. The molecule has 0 saturated heterocycles. The highest BCUT2D eigenvalue weighted by Gasteiger charge is 2.61. The summed E-state index contributed by atoms with van der Waals surface area (Å²) in [5, 5.41) is 5.76. The monoisotopic (exact) mass is 322 g/mol. The fourth-order valence-electron chi connectivity index (χ4n) is 5.55. The van der Waals surface area contributed by atoms with E-state index in [0.29, 0.717) is 24.8 Å². The average Bonchev–Trinajstić information content (AvgIpc) is 2.42. The molecule has 0 aromatic carbocycles. The summed E-state index contributed by atoms with van der Waals surface area (Å²) in [6.45, 7) is 3.68. The predicted molar refractivity (Wildman–Crippen MR) is 83.3 cm³/mol. The van der Waals surface area contributed by atoms with Crippen LogP contribution >= 0.6 is 0 Å². The van der Waals surface area contributed by atoms with Gasteiger partial charge in [-0.2, -0.15) is 0 Å². The second-order valence-electron chi connectivity index (χ2n) is 7.73. The summed E-state index contributed by atoms with van der Waals surface area (Å²) in [7, 11) is 0. The predicted octanol–water partition coefficient (Wildman–Crippen LogP) is 1.14. The SMILES string of the molecule is CCNC(=O)COC(=O)C12C[C@@H]3C[C@@H](CC(NC(C)=O)(C3)C1)C2. The molecule has 0 radical (unpaired) electrons. The van der Waals surface area contributed by atoms with E-state index in [0.717, 1.165) is 32.1 Å². The van der Waals surface area contributed by atoms with Crippen molar-refractivity contribution in [1.82, 2.24) is 10.6 Å². The fourth-order valence-corrected chi connectivity index (χ4v) is 5.55. The Kier molecular flexibility index (Phi) is 4.10. The molecule has 4 atom stereocenters. The van der Waals surface area contributed by atoms with Crippen molar-refractivity contribution in [3.8, 4) is 0 Å². The van der Waals surface area contributed by atoms with E-state index >= 15 is 0 Å². The minimum atomic E-state index is -0.515. The molecule has 4 aliphatic rings. The summed E-state index contributed by atoms with van der Waals surface area (Å²) in [4.78, 5) is 35.9. The lowest BCUT2D eigenvalue weighted by Gasteiger charge is -2.60. The number of likely N-dealkylation sites (N-methyl/N-ethyl adjacent to an activating group) is 1. The second-order valence-corrected chi connectivity index (χ2v) is 7.73. The molecule has 4 rings (SSSR count). The Morgan fingerprint density at radius 2 is 1.78 bits per heavy atom. The van der Waals surface area contributed by atoms with E-state index in [2.05, 4.69) is 10.6 Å². The quantitative estimate of drug-likeness (QED) is 0.744. The van der Waals surface area contributed by atoms with Crippen molar-refractivity contribution in [3.63, 3.8) is 0 Å². The molecule has 6 heteroatoms. The van der Waals surface area contributed by atoms with Gasteiger partial charge in [0.25, 0.3) is 5.91 Å². The van der Waals surface area contributed by atoms with Crippen LogP contribution in [0.25, 0.3) is 0 Å². The molecule has 0 aromatic rings. The number of carbonyl (C=O) groups excluding carboxylic acids is 3. The average molecular weight is 322 g/mol. The van der Waals surface area contributed by atoms with Crippen LogP contribution in [0.5, 0.6) is 0 Å². The number of esters is 1. The molecule has 4 bridgehead atoms. The highest BCUT2D eigenvalue weighted by atomic mass is 16.5. The number of ether oxygens (including phenoxy) is 1. The van der Waals surface area contributed by atoms with Gasteiger partial charge < -0.3 is 15.4 Å². The maximum Gasteiger partial charge on any atom is 0.312 e. The van der Waals surface area contributed by atoms with Crippen molar-refractivity contribution in [2.75, 3.05) is 13.2 Å². The van der Waals surface area contributed by atoms with Crippen LogP contribution in [0.3, 0.4) is 0 Å². The number of amides is 2. The first-order chi connectivity index (χ1) is 10.9. The Morgan fingerprint density at radius 1 is 1.13 bits per heavy atom. The summed E-state index contributed by atoms with van der Waals surface area (Å²) in [5.74, 6) is 0.396. The molecule has 6 nitrogen and oxygen atoms in total. The van der Waals surface area contributed by atoms with Gasteiger partial charge in [0.05, 0.1) is 5.41 Å². The van der Waals surface area contributed by atoms with E-state index in [9.17, 15) is 14.4 Å². The van der Waals surface area contributed by atoms with Gasteiger partial charge in [0.2, 0.25) is 5.91 Å². The number of nitrogens with one attached hydrogen (secondary N) is 2. The van der Waals surface area contributed by atoms with Crippen LogP contribution in [0.1, 0.15) is 52.4 Å². The molecule has 0 spiro atoms. The van der Waals surface area contributed by atoms with Crippen molar-refractivity contribution in [3.05, 3.63) is 0 Å². The minimum Gasteiger partial charge on any atom is -0.455 e. The van der Waals surface area contributed by atoms with E-state index in [-0.39, 0.29) is 29.9 Å². The summed E-state index contributed by atoms with van der Waals surface area (Å²) < 4.78 is 5.33. The molecule has 4 saturated carbocycles. The van der Waals surface area contributed by atoms with Gasteiger partial charge in [-0.3, -0.25) is 14.4 Å². The minimum absolute atomic E-state index is 0.0298. The van der Waals surface area contributed by atoms with Gasteiger partial charge in [-0.1, -0.05) is 0 Å². The maximum absolute atomic E-state index is 12.7. The molecular weight excluding hydrogens is 296 g/mol. The Labute approximate surface area is 136 Å².